The monoisotopic (exact) mass is 387 g/mol. The molecule has 2 amide bonds. The first kappa shape index (κ1) is 20.1. The van der Waals surface area contributed by atoms with Crippen molar-refractivity contribution in [1.29, 1.82) is 0 Å². The lowest BCUT2D eigenvalue weighted by Gasteiger charge is -2.32. The third kappa shape index (κ3) is 4.10. The van der Waals surface area contributed by atoms with E-state index in [1.165, 1.54) is 25.3 Å². The Hall–Kier alpha value is -2.65. The molecular formula is C19H23BFN3O4. The molecule has 0 atom stereocenters. The maximum absolute atomic E-state index is 13.3. The van der Waals surface area contributed by atoms with E-state index in [1.54, 1.807) is 18.3 Å². The number of pyridine rings is 1. The zero-order valence-corrected chi connectivity index (χ0v) is 16.5. The molecule has 148 valence electrons. The fraction of sp³-hybridized carbons (Fsp3) is 0.368. The topological polar surface area (TPSA) is 81.7 Å². The summed E-state index contributed by atoms with van der Waals surface area (Å²) in [4.78, 5) is 16.5. The minimum Gasteiger partial charge on any atom is -0.480 e. The number of aromatic nitrogens is 1. The number of anilines is 2. The lowest BCUT2D eigenvalue weighted by atomic mass is 9.80. The summed E-state index contributed by atoms with van der Waals surface area (Å²) in [6.07, 6.45) is 1.58. The Kier molecular flexibility index (Phi) is 5.32. The molecule has 2 aromatic rings. The number of carbonyl (C=O) groups is 1. The smallest absolute Gasteiger partial charge is 0.480 e. The van der Waals surface area contributed by atoms with E-state index in [-0.39, 0.29) is 5.88 Å². The van der Waals surface area contributed by atoms with Crippen molar-refractivity contribution in [3.63, 3.8) is 0 Å². The molecule has 28 heavy (non-hydrogen) atoms. The number of nitrogens with zero attached hydrogens (tertiary/aromatic N) is 1. The van der Waals surface area contributed by atoms with Crippen LogP contribution in [0.3, 0.4) is 0 Å². The highest BCUT2D eigenvalue weighted by molar-refractivity contribution is 6.62. The molecule has 1 saturated heterocycles. The van der Waals surface area contributed by atoms with E-state index in [9.17, 15) is 9.18 Å². The highest BCUT2D eigenvalue weighted by atomic mass is 19.1. The van der Waals surface area contributed by atoms with E-state index in [0.29, 0.717) is 16.8 Å². The number of ether oxygens (including phenoxy) is 1. The van der Waals surface area contributed by atoms with Gasteiger partial charge in [0.15, 0.2) is 0 Å². The molecular weight excluding hydrogens is 364 g/mol. The fourth-order valence-corrected chi connectivity index (χ4v) is 2.68. The number of halogens is 1. The molecule has 7 nitrogen and oxygen atoms in total. The molecule has 1 aromatic heterocycles. The number of carbonyl (C=O) groups excluding carboxylic acids is 1. The van der Waals surface area contributed by atoms with E-state index in [2.05, 4.69) is 15.6 Å². The fourth-order valence-electron chi connectivity index (χ4n) is 2.68. The second-order valence-electron chi connectivity index (χ2n) is 7.50. The molecule has 2 heterocycles. The molecule has 9 heteroatoms. The summed E-state index contributed by atoms with van der Waals surface area (Å²) in [7, 11) is 0.821. The largest absolute Gasteiger partial charge is 0.496 e. The Bertz CT molecular complexity index is 875. The van der Waals surface area contributed by atoms with Gasteiger partial charge in [-0.15, -0.1) is 0 Å². The van der Waals surface area contributed by atoms with Crippen molar-refractivity contribution in [2.45, 2.75) is 38.9 Å². The zero-order valence-electron chi connectivity index (χ0n) is 16.5. The Morgan fingerprint density at radius 3 is 2.43 bits per heavy atom. The molecule has 0 radical (unpaired) electrons. The van der Waals surface area contributed by atoms with Gasteiger partial charge in [0.2, 0.25) is 5.88 Å². The summed E-state index contributed by atoms with van der Waals surface area (Å²) in [6.45, 7) is 7.82. The first-order valence-corrected chi connectivity index (χ1v) is 8.84. The van der Waals surface area contributed by atoms with Gasteiger partial charge in [0, 0.05) is 17.3 Å². The molecule has 0 aliphatic carbocycles. The summed E-state index contributed by atoms with van der Waals surface area (Å²) >= 11 is 0. The summed E-state index contributed by atoms with van der Waals surface area (Å²) < 4.78 is 30.5. The lowest BCUT2D eigenvalue weighted by molar-refractivity contribution is 0.00578. The number of rotatable bonds is 4. The van der Waals surface area contributed by atoms with Gasteiger partial charge in [-0.25, -0.2) is 14.2 Å². The lowest BCUT2D eigenvalue weighted by Crippen LogP contribution is -2.41. The maximum Gasteiger partial charge on any atom is 0.496 e. The van der Waals surface area contributed by atoms with Crippen molar-refractivity contribution >= 4 is 30.0 Å². The first-order valence-electron chi connectivity index (χ1n) is 8.84. The minimum atomic E-state index is -0.629. The third-order valence-corrected chi connectivity index (χ3v) is 4.92. The van der Waals surface area contributed by atoms with E-state index in [4.69, 9.17) is 14.0 Å². The highest BCUT2D eigenvalue weighted by Crippen LogP contribution is 2.36. The average molecular weight is 387 g/mol. The van der Waals surface area contributed by atoms with Gasteiger partial charge in [-0.1, -0.05) is 6.07 Å². The van der Waals surface area contributed by atoms with Crippen molar-refractivity contribution in [3.05, 3.63) is 42.3 Å². The molecule has 1 aliphatic rings. The van der Waals surface area contributed by atoms with Gasteiger partial charge in [0.1, 0.15) is 11.5 Å². The summed E-state index contributed by atoms with van der Waals surface area (Å²) in [5, 5.41) is 5.23. The molecule has 2 N–H and O–H groups in total. The molecule has 1 aliphatic heterocycles. The van der Waals surface area contributed by atoms with Crippen LogP contribution in [0.15, 0.2) is 36.5 Å². The van der Waals surface area contributed by atoms with Crippen molar-refractivity contribution < 1.29 is 23.2 Å². The van der Waals surface area contributed by atoms with Crippen LogP contribution in [0.25, 0.3) is 0 Å². The van der Waals surface area contributed by atoms with Crippen LogP contribution in [0, 0.1) is 5.82 Å². The number of amides is 2. The van der Waals surface area contributed by atoms with Crippen molar-refractivity contribution in [3.8, 4) is 5.88 Å². The number of urea groups is 1. The van der Waals surface area contributed by atoms with Gasteiger partial charge in [-0.2, -0.15) is 0 Å². The Labute approximate surface area is 163 Å². The normalized spacial score (nSPS) is 17.3. The summed E-state index contributed by atoms with van der Waals surface area (Å²) in [6, 6.07) is 6.72. The van der Waals surface area contributed by atoms with Crippen LogP contribution in [0.4, 0.5) is 20.6 Å². The van der Waals surface area contributed by atoms with Crippen LogP contribution in [0.5, 0.6) is 5.88 Å². The molecule has 1 aromatic carbocycles. The van der Waals surface area contributed by atoms with Crippen LogP contribution in [0.1, 0.15) is 27.7 Å². The Morgan fingerprint density at radius 2 is 1.82 bits per heavy atom. The van der Waals surface area contributed by atoms with Gasteiger partial charge in [-0.3, -0.25) is 0 Å². The van der Waals surface area contributed by atoms with Crippen LogP contribution in [0.2, 0.25) is 0 Å². The van der Waals surface area contributed by atoms with Gasteiger partial charge in [0.25, 0.3) is 0 Å². The van der Waals surface area contributed by atoms with Crippen LogP contribution in [-0.2, 0) is 9.31 Å². The molecule has 1 fully saturated rings. The standard InChI is InChI=1S/C19H23BFN3O4/c1-18(2)19(3,4)28-20(27-18)12-9-15(16(26-5)22-11-12)24-17(25)23-14-8-6-7-13(21)10-14/h6-11H,1-5H3,(H2,23,24,25). The Morgan fingerprint density at radius 1 is 1.14 bits per heavy atom. The summed E-state index contributed by atoms with van der Waals surface area (Å²) in [5.41, 5.74) is 0.301. The number of methoxy groups -OCH3 is 1. The number of benzene rings is 1. The number of hydrogen-bond donors (Lipinski definition) is 2. The molecule has 0 bridgehead atoms. The van der Waals surface area contributed by atoms with Gasteiger partial charge in [-0.05, 0) is 52.0 Å². The second-order valence-corrected chi connectivity index (χ2v) is 7.50. The van der Waals surface area contributed by atoms with E-state index in [0.717, 1.165) is 0 Å². The minimum absolute atomic E-state index is 0.231. The van der Waals surface area contributed by atoms with Crippen LogP contribution in [-0.4, -0.2) is 36.4 Å². The van der Waals surface area contributed by atoms with E-state index in [1.807, 2.05) is 27.7 Å². The second kappa shape index (κ2) is 7.41. The predicted octanol–water partition coefficient (Wildman–Crippen LogP) is 3.17. The Balaban J connectivity index is 1.79. The quantitative estimate of drug-likeness (QED) is 0.788. The highest BCUT2D eigenvalue weighted by Gasteiger charge is 2.52. The molecule has 0 unspecified atom stereocenters. The maximum atomic E-state index is 13.3. The SMILES string of the molecule is COc1ncc(B2OC(C)(C)C(C)(C)O2)cc1NC(=O)Nc1cccc(F)c1. The number of nitrogens with one attached hydrogen (secondary N) is 2. The first-order chi connectivity index (χ1) is 13.1. The molecule has 3 rings (SSSR count). The molecule has 0 saturated carbocycles. The van der Waals surface area contributed by atoms with Crippen molar-refractivity contribution in [2.75, 3.05) is 17.7 Å². The van der Waals surface area contributed by atoms with Crippen LogP contribution < -0.4 is 20.8 Å². The summed E-state index contributed by atoms with van der Waals surface area (Å²) in [5.74, 6) is -0.213. The van der Waals surface area contributed by atoms with Crippen LogP contribution >= 0.6 is 0 Å². The van der Waals surface area contributed by atoms with E-state index < -0.39 is 30.2 Å². The third-order valence-electron chi connectivity index (χ3n) is 4.92. The number of hydrogen-bond acceptors (Lipinski definition) is 5. The molecule has 0 spiro atoms. The zero-order chi connectivity index (χ0) is 20.5. The predicted molar refractivity (Wildman–Crippen MR) is 106 cm³/mol. The average Bonchev–Trinajstić information content (AvgIpc) is 2.82. The van der Waals surface area contributed by atoms with Gasteiger partial charge >= 0.3 is 13.1 Å². The van der Waals surface area contributed by atoms with Gasteiger partial charge < -0.3 is 24.7 Å². The van der Waals surface area contributed by atoms with E-state index >= 15 is 0 Å². The van der Waals surface area contributed by atoms with Crippen molar-refractivity contribution in [1.82, 2.24) is 4.98 Å². The van der Waals surface area contributed by atoms with Crippen molar-refractivity contribution in [2.24, 2.45) is 0 Å². The van der Waals surface area contributed by atoms with Gasteiger partial charge in [0.05, 0.1) is 18.3 Å².